The average molecular weight is 311 g/mol. The van der Waals surface area contributed by atoms with Gasteiger partial charge in [-0.3, -0.25) is 0 Å². The van der Waals surface area contributed by atoms with Crippen LogP contribution in [-0.2, 0) is 6.42 Å². The molecule has 2 aromatic rings. The Morgan fingerprint density at radius 2 is 1.95 bits per heavy atom. The fourth-order valence-corrected chi connectivity index (χ4v) is 3.05. The molecule has 1 unspecified atom stereocenters. The number of carboxylic acids is 1. The first-order chi connectivity index (χ1) is 9.86. The Hall–Kier alpha value is -1.95. The van der Waals surface area contributed by atoms with E-state index in [4.69, 9.17) is 5.11 Å². The molecule has 1 atom stereocenters. The molecule has 0 fully saturated rings. The van der Waals surface area contributed by atoms with E-state index >= 15 is 0 Å². The molecule has 1 aromatic heterocycles. The number of halogens is 2. The third kappa shape index (κ3) is 3.78. The van der Waals surface area contributed by atoms with Crippen LogP contribution >= 0.6 is 11.3 Å². The molecule has 0 aliphatic rings. The lowest BCUT2D eigenvalue weighted by Crippen LogP contribution is -2.19. The second-order valence-corrected chi connectivity index (χ2v) is 6.25. The summed E-state index contributed by atoms with van der Waals surface area (Å²) in [5.74, 6) is -3.16. The zero-order valence-electron chi connectivity index (χ0n) is 11.6. The van der Waals surface area contributed by atoms with Crippen LogP contribution < -0.4 is 5.32 Å². The molecule has 3 nitrogen and oxygen atoms in total. The highest BCUT2D eigenvalue weighted by Crippen LogP contribution is 2.23. The van der Waals surface area contributed by atoms with E-state index in [9.17, 15) is 13.6 Å². The smallest absolute Gasteiger partial charge is 0.335 e. The molecule has 1 heterocycles. The zero-order chi connectivity index (χ0) is 15.6. The molecule has 0 bridgehead atoms. The number of benzene rings is 1. The summed E-state index contributed by atoms with van der Waals surface area (Å²) in [6.45, 7) is 3.81. The lowest BCUT2D eigenvalue weighted by atomic mass is 10.1. The van der Waals surface area contributed by atoms with Crippen molar-refractivity contribution < 1.29 is 18.7 Å². The van der Waals surface area contributed by atoms with Crippen LogP contribution in [0.2, 0.25) is 0 Å². The summed E-state index contributed by atoms with van der Waals surface area (Å²) in [6.07, 6.45) is 0.637. The van der Waals surface area contributed by atoms with E-state index in [0.717, 1.165) is 17.0 Å². The SMILES string of the molecule is Cc1ccc(CC(C)Nc2c(F)cc(C(=O)O)cc2F)s1. The summed E-state index contributed by atoms with van der Waals surface area (Å²) in [5.41, 5.74) is -0.696. The topological polar surface area (TPSA) is 49.3 Å². The predicted octanol–water partition coefficient (Wildman–Crippen LogP) is 4.08. The van der Waals surface area contributed by atoms with Gasteiger partial charge >= 0.3 is 5.97 Å². The molecule has 6 heteroatoms. The minimum Gasteiger partial charge on any atom is -0.478 e. The second kappa shape index (κ2) is 6.22. The van der Waals surface area contributed by atoms with E-state index in [1.165, 1.54) is 4.88 Å². The summed E-state index contributed by atoms with van der Waals surface area (Å²) in [4.78, 5) is 13.0. The number of anilines is 1. The number of nitrogens with one attached hydrogen (secondary N) is 1. The molecule has 0 amide bonds. The van der Waals surface area contributed by atoms with E-state index in [1.807, 2.05) is 26.0 Å². The second-order valence-electron chi connectivity index (χ2n) is 4.88. The monoisotopic (exact) mass is 311 g/mol. The first-order valence-corrected chi connectivity index (χ1v) is 7.22. The van der Waals surface area contributed by atoms with Gasteiger partial charge in [-0.15, -0.1) is 11.3 Å². The molecule has 1 aromatic carbocycles. The lowest BCUT2D eigenvalue weighted by Gasteiger charge is -2.16. The van der Waals surface area contributed by atoms with Crippen molar-refractivity contribution in [1.29, 1.82) is 0 Å². The maximum Gasteiger partial charge on any atom is 0.335 e. The number of carboxylic acid groups (broad SMARTS) is 1. The molecule has 0 aliphatic carbocycles. The van der Waals surface area contributed by atoms with Crippen LogP contribution in [0.15, 0.2) is 24.3 Å². The third-order valence-electron chi connectivity index (χ3n) is 2.98. The van der Waals surface area contributed by atoms with Crippen LogP contribution in [0.25, 0.3) is 0 Å². The van der Waals surface area contributed by atoms with Crippen molar-refractivity contribution in [1.82, 2.24) is 0 Å². The Morgan fingerprint density at radius 1 is 1.33 bits per heavy atom. The maximum atomic E-state index is 13.8. The van der Waals surface area contributed by atoms with Crippen molar-refractivity contribution >= 4 is 23.0 Å². The Kier molecular flexibility index (Phi) is 4.57. The molecule has 112 valence electrons. The summed E-state index contributed by atoms with van der Waals surface area (Å²) in [7, 11) is 0. The highest BCUT2D eigenvalue weighted by atomic mass is 32.1. The average Bonchev–Trinajstić information content (AvgIpc) is 2.78. The highest BCUT2D eigenvalue weighted by Gasteiger charge is 2.16. The van der Waals surface area contributed by atoms with Gasteiger partial charge in [-0.2, -0.15) is 0 Å². The molecule has 0 saturated heterocycles. The first kappa shape index (κ1) is 15.4. The van der Waals surface area contributed by atoms with Gasteiger partial charge in [0.25, 0.3) is 0 Å². The van der Waals surface area contributed by atoms with E-state index in [1.54, 1.807) is 11.3 Å². The fourth-order valence-electron chi connectivity index (χ4n) is 2.03. The summed E-state index contributed by atoms with van der Waals surface area (Å²) in [5, 5.41) is 11.5. The van der Waals surface area contributed by atoms with E-state index in [-0.39, 0.29) is 11.7 Å². The third-order valence-corrected chi connectivity index (χ3v) is 4.01. The van der Waals surface area contributed by atoms with Crippen LogP contribution in [0.1, 0.15) is 27.0 Å². The quantitative estimate of drug-likeness (QED) is 0.875. The van der Waals surface area contributed by atoms with Crippen molar-refractivity contribution in [2.75, 3.05) is 5.32 Å². The van der Waals surface area contributed by atoms with Gasteiger partial charge in [0, 0.05) is 22.2 Å². The Bertz CT molecular complexity index is 646. The van der Waals surface area contributed by atoms with Gasteiger partial charge in [-0.25, -0.2) is 13.6 Å². The van der Waals surface area contributed by atoms with Gasteiger partial charge in [-0.05, 0) is 38.1 Å². The Morgan fingerprint density at radius 3 is 2.43 bits per heavy atom. The molecule has 0 radical (unpaired) electrons. The summed E-state index contributed by atoms with van der Waals surface area (Å²) in [6, 6.07) is 5.43. The molecule has 0 aliphatic heterocycles. The first-order valence-electron chi connectivity index (χ1n) is 6.41. The number of aromatic carboxylic acids is 1. The van der Waals surface area contributed by atoms with Crippen LogP contribution in [0.4, 0.5) is 14.5 Å². The van der Waals surface area contributed by atoms with Crippen molar-refractivity contribution in [3.63, 3.8) is 0 Å². The van der Waals surface area contributed by atoms with Gasteiger partial charge in [0.15, 0.2) is 0 Å². The zero-order valence-corrected chi connectivity index (χ0v) is 12.4. The predicted molar refractivity (Wildman–Crippen MR) is 79.2 cm³/mol. The molecule has 2 N–H and O–H groups in total. The molecule has 0 spiro atoms. The highest BCUT2D eigenvalue weighted by molar-refractivity contribution is 7.11. The minimum absolute atomic E-state index is 0.178. The standard InChI is InChI=1S/C15H15F2NO2S/c1-8(5-11-4-3-9(2)21-11)18-14-12(16)6-10(15(19)20)7-13(14)17/h3-4,6-8,18H,5H2,1-2H3,(H,19,20). The number of carbonyl (C=O) groups is 1. The van der Waals surface area contributed by atoms with Crippen molar-refractivity contribution in [3.05, 3.63) is 51.2 Å². The molecular formula is C15H15F2NO2S. The van der Waals surface area contributed by atoms with Crippen LogP contribution in [0, 0.1) is 18.6 Å². The van der Waals surface area contributed by atoms with E-state index in [2.05, 4.69) is 5.32 Å². The van der Waals surface area contributed by atoms with E-state index < -0.39 is 23.2 Å². The van der Waals surface area contributed by atoms with Crippen molar-refractivity contribution in [2.24, 2.45) is 0 Å². The number of hydrogen-bond acceptors (Lipinski definition) is 3. The van der Waals surface area contributed by atoms with Crippen LogP contribution in [0.5, 0.6) is 0 Å². The number of aryl methyl sites for hydroxylation is 1. The molecule has 2 rings (SSSR count). The summed E-state index contributed by atoms with van der Waals surface area (Å²) >= 11 is 1.64. The molecule has 21 heavy (non-hydrogen) atoms. The van der Waals surface area contributed by atoms with Gasteiger partial charge < -0.3 is 10.4 Å². The fraction of sp³-hybridized carbons (Fsp3) is 0.267. The van der Waals surface area contributed by atoms with Crippen LogP contribution in [-0.4, -0.2) is 17.1 Å². The van der Waals surface area contributed by atoms with E-state index in [0.29, 0.717) is 6.42 Å². The number of hydrogen-bond donors (Lipinski definition) is 2. The summed E-state index contributed by atoms with van der Waals surface area (Å²) < 4.78 is 27.6. The molecule has 0 saturated carbocycles. The minimum atomic E-state index is -1.36. The van der Waals surface area contributed by atoms with Crippen molar-refractivity contribution in [2.45, 2.75) is 26.3 Å². The van der Waals surface area contributed by atoms with Gasteiger partial charge in [-0.1, -0.05) is 0 Å². The number of thiophene rings is 1. The van der Waals surface area contributed by atoms with Crippen molar-refractivity contribution in [3.8, 4) is 0 Å². The van der Waals surface area contributed by atoms with Gasteiger partial charge in [0.05, 0.1) is 5.56 Å². The Balaban J connectivity index is 2.13. The van der Waals surface area contributed by atoms with Gasteiger partial charge in [0.2, 0.25) is 0 Å². The normalized spacial score (nSPS) is 12.2. The van der Waals surface area contributed by atoms with Gasteiger partial charge in [0.1, 0.15) is 17.3 Å². The lowest BCUT2D eigenvalue weighted by molar-refractivity contribution is 0.0696. The largest absolute Gasteiger partial charge is 0.478 e. The number of rotatable bonds is 5. The Labute approximate surface area is 125 Å². The molecular weight excluding hydrogens is 296 g/mol. The maximum absolute atomic E-state index is 13.8. The van der Waals surface area contributed by atoms with Crippen LogP contribution in [0.3, 0.4) is 0 Å².